The second kappa shape index (κ2) is 6.69. The third-order valence-electron chi connectivity index (χ3n) is 3.06. The molecule has 0 radical (unpaired) electrons. The summed E-state index contributed by atoms with van der Waals surface area (Å²) < 4.78 is 0. The second-order valence-electron chi connectivity index (χ2n) is 4.94. The fraction of sp³-hybridized carbons (Fsp3) is 0.333. The lowest BCUT2D eigenvalue weighted by Crippen LogP contribution is -2.30. The van der Waals surface area contributed by atoms with Gasteiger partial charge in [-0.25, -0.2) is 9.78 Å². The minimum atomic E-state index is -0.509. The molecule has 21 heavy (non-hydrogen) atoms. The Morgan fingerprint density at radius 1 is 1.43 bits per heavy atom. The summed E-state index contributed by atoms with van der Waals surface area (Å²) in [7, 11) is 1.73. The number of rotatable bonds is 4. The van der Waals surface area contributed by atoms with Gasteiger partial charge in [0.05, 0.1) is 23.4 Å². The zero-order valence-corrected chi connectivity index (χ0v) is 13.1. The van der Waals surface area contributed by atoms with Crippen LogP contribution in [-0.2, 0) is 6.54 Å². The van der Waals surface area contributed by atoms with E-state index in [2.05, 4.69) is 10.3 Å². The molecule has 1 aromatic carbocycles. The van der Waals surface area contributed by atoms with Crippen molar-refractivity contribution >= 4 is 23.1 Å². The number of urea groups is 1. The van der Waals surface area contributed by atoms with Crippen LogP contribution >= 0.6 is 11.3 Å². The number of hydrogen-bond donors (Lipinski definition) is 2. The van der Waals surface area contributed by atoms with E-state index in [0.717, 1.165) is 16.3 Å². The van der Waals surface area contributed by atoms with Crippen molar-refractivity contribution in [3.05, 3.63) is 45.9 Å². The molecule has 2 N–H and O–H groups in total. The molecule has 6 heteroatoms. The number of anilines is 1. The number of aliphatic hydroxyl groups is 1. The van der Waals surface area contributed by atoms with Gasteiger partial charge in [0.1, 0.15) is 0 Å². The lowest BCUT2D eigenvalue weighted by Gasteiger charge is -2.17. The van der Waals surface area contributed by atoms with Crippen molar-refractivity contribution in [2.75, 3.05) is 12.4 Å². The number of benzene rings is 1. The molecule has 2 rings (SSSR count). The molecule has 0 bridgehead atoms. The Morgan fingerprint density at radius 3 is 2.62 bits per heavy atom. The molecule has 0 fully saturated rings. The lowest BCUT2D eigenvalue weighted by molar-refractivity contribution is 0.199. The van der Waals surface area contributed by atoms with Crippen LogP contribution in [0.5, 0.6) is 0 Å². The maximum absolute atomic E-state index is 12.1. The summed E-state index contributed by atoms with van der Waals surface area (Å²) in [5.41, 5.74) is 2.41. The van der Waals surface area contributed by atoms with Crippen molar-refractivity contribution in [1.29, 1.82) is 0 Å². The van der Waals surface area contributed by atoms with E-state index in [1.165, 1.54) is 0 Å². The molecule has 0 aliphatic heterocycles. The average molecular weight is 305 g/mol. The third kappa shape index (κ3) is 4.27. The summed E-state index contributed by atoms with van der Waals surface area (Å²) in [6, 6.07) is 6.96. The SMILES string of the molecule is Cc1nc(CN(C)C(=O)Nc2ccc(C(C)O)cc2)cs1. The molecule has 5 nitrogen and oxygen atoms in total. The Balaban J connectivity index is 1.93. The monoisotopic (exact) mass is 305 g/mol. The van der Waals surface area contributed by atoms with E-state index in [0.29, 0.717) is 12.2 Å². The highest BCUT2D eigenvalue weighted by atomic mass is 32.1. The first-order chi connectivity index (χ1) is 9.95. The minimum absolute atomic E-state index is 0.189. The van der Waals surface area contributed by atoms with E-state index in [9.17, 15) is 9.90 Å². The quantitative estimate of drug-likeness (QED) is 0.912. The summed E-state index contributed by atoms with van der Waals surface area (Å²) in [4.78, 5) is 18.0. The number of aromatic nitrogens is 1. The number of carbonyl (C=O) groups is 1. The van der Waals surface area contributed by atoms with Crippen LogP contribution in [0, 0.1) is 6.92 Å². The second-order valence-corrected chi connectivity index (χ2v) is 6.00. The van der Waals surface area contributed by atoms with Gasteiger partial charge in [-0.2, -0.15) is 0 Å². The number of aryl methyl sites for hydroxylation is 1. The van der Waals surface area contributed by atoms with Gasteiger partial charge >= 0.3 is 6.03 Å². The van der Waals surface area contributed by atoms with Crippen molar-refractivity contribution in [2.24, 2.45) is 0 Å². The van der Waals surface area contributed by atoms with E-state index < -0.39 is 6.10 Å². The van der Waals surface area contributed by atoms with Gasteiger partial charge in [0, 0.05) is 18.1 Å². The van der Waals surface area contributed by atoms with Gasteiger partial charge in [-0.1, -0.05) is 12.1 Å². The van der Waals surface area contributed by atoms with Crippen molar-refractivity contribution in [3.8, 4) is 0 Å². The van der Waals surface area contributed by atoms with Gasteiger partial charge in [-0.15, -0.1) is 11.3 Å². The summed E-state index contributed by atoms with van der Waals surface area (Å²) in [5, 5.41) is 15.2. The number of aliphatic hydroxyl groups excluding tert-OH is 1. The molecular formula is C15H19N3O2S. The van der Waals surface area contributed by atoms with Crippen LogP contribution in [0.2, 0.25) is 0 Å². The van der Waals surface area contributed by atoms with E-state index in [-0.39, 0.29) is 6.03 Å². The summed E-state index contributed by atoms with van der Waals surface area (Å²) in [6.45, 7) is 4.12. The largest absolute Gasteiger partial charge is 0.389 e. The van der Waals surface area contributed by atoms with Crippen LogP contribution in [0.25, 0.3) is 0 Å². The fourth-order valence-electron chi connectivity index (χ4n) is 1.86. The molecule has 0 aliphatic rings. The van der Waals surface area contributed by atoms with Crippen molar-refractivity contribution in [3.63, 3.8) is 0 Å². The highest BCUT2D eigenvalue weighted by Gasteiger charge is 2.11. The molecule has 0 spiro atoms. The zero-order chi connectivity index (χ0) is 15.4. The molecular weight excluding hydrogens is 286 g/mol. The summed E-state index contributed by atoms with van der Waals surface area (Å²) >= 11 is 1.57. The third-order valence-corrected chi connectivity index (χ3v) is 3.88. The van der Waals surface area contributed by atoms with Crippen LogP contribution in [-0.4, -0.2) is 28.1 Å². The molecule has 1 aromatic heterocycles. The van der Waals surface area contributed by atoms with Crippen LogP contribution < -0.4 is 5.32 Å². The maximum atomic E-state index is 12.1. The van der Waals surface area contributed by atoms with Crippen LogP contribution in [0.15, 0.2) is 29.6 Å². The molecule has 112 valence electrons. The van der Waals surface area contributed by atoms with Gasteiger partial charge < -0.3 is 15.3 Å². The number of nitrogens with one attached hydrogen (secondary N) is 1. The molecule has 0 aliphatic carbocycles. The molecule has 0 saturated carbocycles. The molecule has 2 aromatic rings. The van der Waals surface area contributed by atoms with E-state index in [1.807, 2.05) is 12.3 Å². The highest BCUT2D eigenvalue weighted by molar-refractivity contribution is 7.09. The number of nitrogens with zero attached hydrogens (tertiary/aromatic N) is 2. The van der Waals surface area contributed by atoms with Gasteiger partial charge in [0.25, 0.3) is 0 Å². The molecule has 0 saturated heterocycles. The molecule has 1 heterocycles. The average Bonchev–Trinajstić information content (AvgIpc) is 2.84. The van der Waals surface area contributed by atoms with Crippen LogP contribution in [0.3, 0.4) is 0 Å². The van der Waals surface area contributed by atoms with E-state index >= 15 is 0 Å². The van der Waals surface area contributed by atoms with Gasteiger partial charge in [-0.05, 0) is 31.5 Å². The Morgan fingerprint density at radius 2 is 2.10 bits per heavy atom. The van der Waals surface area contributed by atoms with Crippen molar-refractivity contribution in [1.82, 2.24) is 9.88 Å². The molecule has 2 amide bonds. The van der Waals surface area contributed by atoms with Gasteiger partial charge in [-0.3, -0.25) is 0 Å². The highest BCUT2D eigenvalue weighted by Crippen LogP contribution is 2.16. The Labute approximate surface area is 128 Å². The first-order valence-electron chi connectivity index (χ1n) is 6.67. The van der Waals surface area contributed by atoms with Crippen molar-refractivity contribution in [2.45, 2.75) is 26.5 Å². The zero-order valence-electron chi connectivity index (χ0n) is 12.3. The predicted octanol–water partition coefficient (Wildman–Crippen LogP) is 3.17. The Hall–Kier alpha value is -1.92. The Bertz CT molecular complexity index is 608. The van der Waals surface area contributed by atoms with Crippen LogP contribution in [0.1, 0.15) is 29.3 Å². The summed E-state index contributed by atoms with van der Waals surface area (Å²) in [5.74, 6) is 0. The number of hydrogen-bond acceptors (Lipinski definition) is 4. The number of thiazole rings is 1. The first-order valence-corrected chi connectivity index (χ1v) is 7.55. The normalized spacial score (nSPS) is 12.0. The fourth-order valence-corrected chi connectivity index (χ4v) is 2.46. The van der Waals surface area contributed by atoms with Gasteiger partial charge in [0.15, 0.2) is 0 Å². The maximum Gasteiger partial charge on any atom is 0.321 e. The summed E-state index contributed by atoms with van der Waals surface area (Å²) in [6.07, 6.45) is -0.509. The van der Waals surface area contributed by atoms with E-state index in [1.54, 1.807) is 54.5 Å². The van der Waals surface area contributed by atoms with Crippen LogP contribution in [0.4, 0.5) is 10.5 Å². The standard InChI is InChI=1S/C15H19N3O2S/c1-10(19)12-4-6-13(7-5-12)17-15(20)18(3)8-14-9-21-11(2)16-14/h4-7,9-10,19H,8H2,1-3H3,(H,17,20). The van der Waals surface area contributed by atoms with Gasteiger partial charge in [0.2, 0.25) is 0 Å². The smallest absolute Gasteiger partial charge is 0.321 e. The topological polar surface area (TPSA) is 65.5 Å². The first kappa shape index (κ1) is 15.5. The van der Waals surface area contributed by atoms with E-state index in [4.69, 9.17) is 0 Å². The minimum Gasteiger partial charge on any atom is -0.389 e. The number of carbonyl (C=O) groups excluding carboxylic acids is 1. The van der Waals surface area contributed by atoms with Crippen molar-refractivity contribution < 1.29 is 9.90 Å². The predicted molar refractivity (Wildman–Crippen MR) is 84.4 cm³/mol. The number of amides is 2. The lowest BCUT2D eigenvalue weighted by atomic mass is 10.1. The Kier molecular flexibility index (Phi) is 4.93. The molecule has 1 unspecified atom stereocenters. The molecule has 1 atom stereocenters.